The Labute approximate surface area is 436 Å². The van der Waals surface area contributed by atoms with E-state index in [9.17, 15) is 0 Å². The van der Waals surface area contributed by atoms with Crippen molar-refractivity contribution in [2.75, 3.05) is 4.81 Å². The highest BCUT2D eigenvalue weighted by Gasteiger charge is 2.46. The van der Waals surface area contributed by atoms with Crippen LogP contribution < -0.4 is 15.7 Å². The number of nitrogens with zero attached hydrogens (tertiary/aromatic N) is 2. The lowest BCUT2D eigenvalue weighted by atomic mass is 9.43. The molecule has 5 heteroatoms. The van der Waals surface area contributed by atoms with Crippen LogP contribution in [-0.2, 0) is 21.7 Å². The summed E-state index contributed by atoms with van der Waals surface area (Å²) in [6.07, 6.45) is 4.78. The van der Waals surface area contributed by atoms with E-state index in [4.69, 9.17) is 0 Å². The lowest BCUT2D eigenvalue weighted by Crippen LogP contribution is -2.60. The summed E-state index contributed by atoms with van der Waals surface area (Å²) in [6.45, 7) is 19.7. The molecule has 0 spiro atoms. The fourth-order valence-electron chi connectivity index (χ4n) is 14.7. The molecule has 9 aromatic carbocycles. The second-order valence-electron chi connectivity index (χ2n) is 24.9. The largest absolute Gasteiger partial charge is 0.376 e. The second-order valence-corrected chi connectivity index (χ2v) is 27.1. The Bertz CT molecular complexity index is 4460. The van der Waals surface area contributed by atoms with Crippen LogP contribution in [-0.4, -0.2) is 11.4 Å². The average Bonchev–Trinajstić information content (AvgIpc) is 4.06. The molecule has 3 aromatic heterocycles. The summed E-state index contributed by atoms with van der Waals surface area (Å²) in [5.74, 6) is 0. The summed E-state index contributed by atoms with van der Waals surface area (Å²) >= 11 is 3.97. The molecule has 0 amide bonds. The van der Waals surface area contributed by atoms with Gasteiger partial charge in [-0.15, -0.1) is 22.7 Å². The number of fused-ring (bicyclic) bond motifs is 17. The predicted octanol–water partition coefficient (Wildman–Crippen LogP) is 18.3. The van der Waals surface area contributed by atoms with Crippen molar-refractivity contribution in [1.82, 2.24) is 4.57 Å². The van der Waals surface area contributed by atoms with Gasteiger partial charge in [0.1, 0.15) is 0 Å². The molecule has 12 aromatic rings. The molecule has 0 saturated carbocycles. The van der Waals surface area contributed by atoms with E-state index >= 15 is 0 Å². The summed E-state index contributed by atoms with van der Waals surface area (Å²) in [7, 11) is 0. The third-order valence-electron chi connectivity index (χ3n) is 18.8. The Balaban J connectivity index is 1.09. The van der Waals surface area contributed by atoms with Crippen LogP contribution in [0.5, 0.6) is 0 Å². The van der Waals surface area contributed by atoms with Crippen LogP contribution in [0.25, 0.3) is 101 Å². The van der Waals surface area contributed by atoms with Crippen molar-refractivity contribution in [3.8, 4) is 27.9 Å². The Kier molecular flexibility index (Phi) is 8.29. The van der Waals surface area contributed by atoms with Crippen molar-refractivity contribution in [3.05, 3.63) is 174 Å². The quantitative estimate of drug-likeness (QED) is 0.157. The monoisotopic (exact) mass is 976 g/mol. The first-order chi connectivity index (χ1) is 35.1. The van der Waals surface area contributed by atoms with Crippen molar-refractivity contribution < 1.29 is 0 Å². The van der Waals surface area contributed by atoms with Crippen molar-refractivity contribution in [2.45, 2.75) is 103 Å². The maximum Gasteiger partial charge on any atom is 0.333 e. The number of rotatable bonds is 2. The van der Waals surface area contributed by atoms with Gasteiger partial charge in [-0.2, -0.15) is 0 Å². The van der Waals surface area contributed by atoms with Gasteiger partial charge in [0.25, 0.3) is 0 Å². The lowest BCUT2D eigenvalue weighted by Gasteiger charge is -2.43. The fourth-order valence-corrected chi connectivity index (χ4v) is 16.9. The van der Waals surface area contributed by atoms with Crippen molar-refractivity contribution >= 4 is 125 Å². The minimum absolute atomic E-state index is 0.0824. The first-order valence-electron chi connectivity index (χ1n) is 26.7. The third-order valence-corrected chi connectivity index (χ3v) is 21.1. The van der Waals surface area contributed by atoms with Gasteiger partial charge >= 0.3 is 6.85 Å². The Morgan fingerprint density at radius 3 is 1.68 bits per heavy atom. The summed E-state index contributed by atoms with van der Waals surface area (Å²) < 4.78 is 8.17. The smallest absolute Gasteiger partial charge is 0.333 e. The van der Waals surface area contributed by atoms with Crippen LogP contribution >= 0.6 is 22.7 Å². The minimum Gasteiger partial charge on any atom is -0.376 e. The van der Waals surface area contributed by atoms with Crippen molar-refractivity contribution in [3.63, 3.8) is 0 Å². The topological polar surface area (TPSA) is 8.17 Å². The predicted molar refractivity (Wildman–Crippen MR) is 319 cm³/mol. The van der Waals surface area contributed by atoms with E-state index in [1.807, 2.05) is 22.7 Å². The first-order valence-corrected chi connectivity index (χ1v) is 28.3. The van der Waals surface area contributed by atoms with Gasteiger partial charge in [-0.05, 0) is 181 Å². The van der Waals surface area contributed by atoms with Gasteiger partial charge < -0.3 is 9.38 Å². The number of benzene rings is 9. The molecule has 0 radical (unpaired) electrons. The van der Waals surface area contributed by atoms with Gasteiger partial charge in [-0.1, -0.05) is 134 Å². The standard InChI is InChI=1S/C68H57BN2S2/c1-65(2)26-28-67(5,6)49-36-58-44(34-47(49)65)60-52(22-15-23-56(60)72-58)71-53-24-25-57-62(45-35-48-50(37-59(45)73-57)68(7,8)29-27-66(48,3)4)61(53)46-31-41(38-16-10-9-11-17-38)33-55-63(46)69(71)51-21-14-20-42-43-30-39-18-12-13-19-40(39)32-54(43)70(55)64(42)51/h9-25,30-37H,26-29H2,1-8H3. The first kappa shape index (κ1) is 42.8. The van der Waals surface area contributed by atoms with E-state index in [2.05, 4.69) is 216 Å². The normalized spacial score (nSPS) is 17.8. The van der Waals surface area contributed by atoms with Gasteiger partial charge in [0.05, 0.1) is 11.0 Å². The Morgan fingerprint density at radius 1 is 0.425 bits per heavy atom. The molecular formula is C68H57BN2S2. The molecule has 2 nitrogen and oxygen atoms in total. The molecule has 0 bridgehead atoms. The summed E-state index contributed by atoms with van der Waals surface area (Å²) in [6, 6.07) is 59.9. The van der Waals surface area contributed by atoms with E-state index in [0.717, 1.165) is 0 Å². The van der Waals surface area contributed by atoms with Crippen LogP contribution in [0.4, 0.5) is 11.4 Å². The van der Waals surface area contributed by atoms with Crippen LogP contribution in [0.1, 0.15) is 103 Å². The molecule has 16 rings (SSSR count). The Morgan fingerprint density at radius 2 is 1.01 bits per heavy atom. The molecule has 0 atom stereocenters. The van der Waals surface area contributed by atoms with E-state index in [1.54, 1.807) is 0 Å². The zero-order chi connectivity index (χ0) is 49.2. The van der Waals surface area contributed by atoms with Crippen LogP contribution in [0.15, 0.2) is 152 Å². The maximum atomic E-state index is 2.83. The molecular weight excluding hydrogens is 920 g/mol. The molecule has 0 fully saturated rings. The number of aromatic nitrogens is 1. The molecule has 0 unspecified atom stereocenters. The molecule has 0 saturated heterocycles. The van der Waals surface area contributed by atoms with Gasteiger partial charge in [0.2, 0.25) is 0 Å². The van der Waals surface area contributed by atoms with Gasteiger partial charge in [0.15, 0.2) is 0 Å². The third kappa shape index (κ3) is 5.65. The van der Waals surface area contributed by atoms with Gasteiger partial charge in [-0.3, -0.25) is 0 Å². The number of hydrogen-bond donors (Lipinski definition) is 0. The van der Waals surface area contributed by atoms with Crippen molar-refractivity contribution in [1.29, 1.82) is 0 Å². The fraction of sp³-hybridized carbons (Fsp3) is 0.235. The van der Waals surface area contributed by atoms with Crippen LogP contribution in [0, 0.1) is 0 Å². The number of hydrogen-bond acceptors (Lipinski definition) is 3. The molecule has 2 aliphatic heterocycles. The molecule has 4 aliphatic rings. The number of para-hydroxylation sites is 1. The SMILES string of the molecule is CC1(C)CCC(C)(C)c2cc3c(cc21)sc1cccc(N2B4c5c(cc(-c6ccccc6)cc5-n5c6cc7ccccc7cc6c6cccc4c65)-c4c2ccc2sc5cc6c(cc5c42)C(C)(C)CCC6(C)C)c13. The molecule has 5 heterocycles. The molecule has 0 N–H and O–H groups in total. The minimum atomic E-state index is -0.0966. The zero-order valence-electron chi connectivity index (χ0n) is 43.1. The molecule has 354 valence electrons. The highest BCUT2D eigenvalue weighted by molar-refractivity contribution is 7.26. The van der Waals surface area contributed by atoms with Crippen LogP contribution in [0.2, 0.25) is 0 Å². The highest BCUT2D eigenvalue weighted by Crippen LogP contribution is 2.56. The molecule has 73 heavy (non-hydrogen) atoms. The van der Waals surface area contributed by atoms with E-state index in [0.29, 0.717) is 0 Å². The van der Waals surface area contributed by atoms with Gasteiger partial charge in [-0.25, -0.2) is 0 Å². The van der Waals surface area contributed by atoms with Gasteiger partial charge in [0, 0.05) is 73.7 Å². The summed E-state index contributed by atoms with van der Waals surface area (Å²) in [5.41, 5.74) is 20.9. The summed E-state index contributed by atoms with van der Waals surface area (Å²) in [4.78, 5) is 2.83. The van der Waals surface area contributed by atoms with E-state index in [-0.39, 0.29) is 28.5 Å². The number of thiophene rings is 2. The second kappa shape index (κ2) is 14.1. The molecule has 2 aliphatic carbocycles. The maximum absolute atomic E-state index is 2.83. The summed E-state index contributed by atoms with van der Waals surface area (Å²) in [5, 5.41) is 10.7. The highest BCUT2D eigenvalue weighted by atomic mass is 32.1. The Hall–Kier alpha value is -6.66. The average molecular weight is 977 g/mol. The number of anilines is 2. The lowest BCUT2D eigenvalue weighted by molar-refractivity contribution is 0.332. The van der Waals surface area contributed by atoms with Crippen LogP contribution in [0.3, 0.4) is 0 Å². The van der Waals surface area contributed by atoms with E-state index in [1.165, 1.54) is 171 Å². The zero-order valence-corrected chi connectivity index (χ0v) is 44.7. The van der Waals surface area contributed by atoms with E-state index < -0.39 is 0 Å². The van der Waals surface area contributed by atoms with Crippen molar-refractivity contribution in [2.24, 2.45) is 0 Å².